The van der Waals surface area contributed by atoms with Crippen LogP contribution in [0.1, 0.15) is 116 Å². The molecule has 0 spiro atoms. The maximum absolute atomic E-state index is 4.93. The van der Waals surface area contributed by atoms with Crippen LogP contribution in [-0.4, -0.2) is 9.52 Å². The van der Waals surface area contributed by atoms with Crippen molar-refractivity contribution >= 4 is 48.1 Å². The minimum absolute atomic E-state index is 0.116. The molecule has 0 saturated heterocycles. The first kappa shape index (κ1) is 46.2. The minimum atomic E-state index is -0.826. The number of fused-ring (bicyclic) bond motifs is 2. The molecule has 0 nitrogen and oxygen atoms in total. The first-order chi connectivity index (χ1) is 25.0. The van der Waals surface area contributed by atoms with Crippen molar-refractivity contribution in [3.63, 3.8) is 0 Å². The number of benzene rings is 4. The van der Waals surface area contributed by atoms with Gasteiger partial charge < -0.3 is 0 Å². The predicted molar refractivity (Wildman–Crippen MR) is 243 cm³/mol. The van der Waals surface area contributed by atoms with E-state index in [4.69, 9.17) is 17.0 Å². The monoisotopic (exact) mass is 852 g/mol. The van der Waals surface area contributed by atoms with Gasteiger partial charge in [-0.15, -0.1) is 69.1 Å². The van der Waals surface area contributed by atoms with E-state index >= 15 is 0 Å². The summed E-state index contributed by atoms with van der Waals surface area (Å²) in [5.41, 5.74) is 14.5. The van der Waals surface area contributed by atoms with E-state index in [0.29, 0.717) is 0 Å². The van der Waals surface area contributed by atoms with Crippen molar-refractivity contribution < 1.29 is 20.8 Å². The van der Waals surface area contributed by atoms with Gasteiger partial charge in [-0.25, -0.2) is 0 Å². The molecule has 0 amide bonds. The van der Waals surface area contributed by atoms with Crippen molar-refractivity contribution in [3.05, 3.63) is 130 Å². The molecule has 0 aromatic heterocycles. The molecule has 54 heavy (non-hydrogen) atoms. The number of halogens is 2. The van der Waals surface area contributed by atoms with Gasteiger partial charge in [-0.3, -0.25) is 0 Å². The molecule has 0 aliphatic carbocycles. The molecule has 0 atom stereocenters. The molecule has 0 aliphatic rings. The van der Waals surface area contributed by atoms with Crippen LogP contribution in [0.5, 0.6) is 0 Å². The molecule has 286 valence electrons. The Kier molecular flexibility index (Phi) is 16.1. The van der Waals surface area contributed by atoms with E-state index in [1.165, 1.54) is 77.2 Å². The third-order valence-electron chi connectivity index (χ3n) is 9.96. The van der Waals surface area contributed by atoms with Crippen molar-refractivity contribution in [1.82, 2.24) is 0 Å². The summed E-state index contributed by atoms with van der Waals surface area (Å²) in [4.78, 5) is 0. The van der Waals surface area contributed by atoms with Gasteiger partial charge in [0.2, 0.25) is 0 Å². The molecule has 6 aromatic rings. The van der Waals surface area contributed by atoms with Crippen LogP contribution in [0.4, 0.5) is 0 Å². The average molecular weight is 855 g/mol. The molecule has 0 bridgehead atoms. The van der Waals surface area contributed by atoms with E-state index < -0.39 is 20.8 Å². The third kappa shape index (κ3) is 11.4. The topological polar surface area (TPSA) is 0 Å². The molecule has 2 radical (unpaired) electrons. The standard InChI is InChI=1S/2C24H29.C2H6Si.2ClH.Zr/c2*1-16-10-8-9-11-19(16)22-20-15-18(23(2,3)4)14-17(20)12-13-21(22)24(5,6)7;1-3-2;;;/h2*8-15H,1-7H3;1-2H3;2*1H;/q2*-1;;;;+4/p-2. The van der Waals surface area contributed by atoms with Crippen LogP contribution in [-0.2, 0) is 42.5 Å². The molecule has 0 unspecified atom stereocenters. The average Bonchev–Trinajstić information content (AvgIpc) is 3.71. The zero-order chi connectivity index (χ0) is 40.8. The second-order valence-corrected chi connectivity index (χ2v) is 23.4. The quantitative estimate of drug-likeness (QED) is 0.120. The van der Waals surface area contributed by atoms with Gasteiger partial charge in [-0.05, 0) is 57.8 Å². The Morgan fingerprint density at radius 1 is 0.481 bits per heavy atom. The van der Waals surface area contributed by atoms with Crippen LogP contribution < -0.4 is 0 Å². The van der Waals surface area contributed by atoms with Gasteiger partial charge in [0.1, 0.15) is 0 Å². The molecule has 6 aromatic carbocycles. The molecule has 0 N–H and O–H groups in total. The Labute approximate surface area is 350 Å². The normalized spacial score (nSPS) is 11.9. The Bertz CT molecular complexity index is 1960. The Hall–Kier alpha value is -2.22. The molecule has 4 heteroatoms. The summed E-state index contributed by atoms with van der Waals surface area (Å²) in [6, 6.07) is 36.3. The molecule has 0 fully saturated rings. The first-order valence-corrected chi connectivity index (χ1v) is 27.5. The van der Waals surface area contributed by atoms with Crippen LogP contribution in [0.2, 0.25) is 13.1 Å². The van der Waals surface area contributed by atoms with Gasteiger partial charge in [0.25, 0.3) is 0 Å². The number of hydrogen-bond donors (Lipinski definition) is 0. The van der Waals surface area contributed by atoms with Crippen LogP contribution >= 0.6 is 17.0 Å². The van der Waals surface area contributed by atoms with E-state index in [1.807, 2.05) is 0 Å². The molecular formula is C50H64Cl2SiZr. The van der Waals surface area contributed by atoms with E-state index in [2.05, 4.69) is 207 Å². The van der Waals surface area contributed by atoms with Crippen molar-refractivity contribution in [2.24, 2.45) is 0 Å². The van der Waals surface area contributed by atoms with Gasteiger partial charge in [0.05, 0.1) is 0 Å². The molecule has 0 aliphatic heterocycles. The van der Waals surface area contributed by atoms with Crippen molar-refractivity contribution in [2.45, 2.75) is 132 Å². The molecule has 6 rings (SSSR count). The number of rotatable bonds is 2. The molecular weight excluding hydrogens is 791 g/mol. The fourth-order valence-electron chi connectivity index (χ4n) is 6.97. The Morgan fingerprint density at radius 3 is 1.04 bits per heavy atom. The van der Waals surface area contributed by atoms with E-state index in [-0.39, 0.29) is 21.7 Å². The van der Waals surface area contributed by atoms with E-state index in [1.54, 1.807) is 0 Å². The zero-order valence-electron chi connectivity index (χ0n) is 36.0. The second-order valence-electron chi connectivity index (χ2n) is 18.7. The van der Waals surface area contributed by atoms with Crippen LogP contribution in [0, 0.1) is 13.8 Å². The van der Waals surface area contributed by atoms with E-state index in [9.17, 15) is 0 Å². The van der Waals surface area contributed by atoms with Crippen molar-refractivity contribution in [2.75, 3.05) is 0 Å². The van der Waals surface area contributed by atoms with Crippen molar-refractivity contribution in [1.29, 1.82) is 0 Å². The summed E-state index contributed by atoms with van der Waals surface area (Å²) in [5.74, 6) is 0. The predicted octanol–water partition coefficient (Wildman–Crippen LogP) is 16.4. The maximum atomic E-state index is 4.93. The van der Waals surface area contributed by atoms with Gasteiger partial charge in [-0.1, -0.05) is 167 Å². The van der Waals surface area contributed by atoms with Gasteiger partial charge in [-0.2, -0.15) is 12.1 Å². The molecule has 0 saturated carbocycles. The third-order valence-corrected chi connectivity index (χ3v) is 9.96. The Balaban J connectivity index is 0.000000254. The number of aryl methyl sites for hydroxylation is 2. The first-order valence-electron chi connectivity index (χ1n) is 19.2. The summed E-state index contributed by atoms with van der Waals surface area (Å²) in [7, 11) is 11.0. The summed E-state index contributed by atoms with van der Waals surface area (Å²) in [5, 5.41) is 5.49. The van der Waals surface area contributed by atoms with E-state index in [0.717, 1.165) is 9.52 Å². The van der Waals surface area contributed by atoms with Crippen LogP contribution in [0.3, 0.4) is 0 Å². The molecule has 0 heterocycles. The van der Waals surface area contributed by atoms with Gasteiger partial charge in [0.15, 0.2) is 0 Å². The summed E-state index contributed by atoms with van der Waals surface area (Å²) in [6.45, 7) is 36.3. The van der Waals surface area contributed by atoms with Crippen LogP contribution in [0.15, 0.2) is 97.1 Å². The van der Waals surface area contributed by atoms with Gasteiger partial charge >= 0.3 is 37.9 Å². The second kappa shape index (κ2) is 18.8. The summed E-state index contributed by atoms with van der Waals surface area (Å²) in [6.07, 6.45) is 0. The number of hydrogen-bond acceptors (Lipinski definition) is 0. The fourth-order valence-corrected chi connectivity index (χ4v) is 6.97. The van der Waals surface area contributed by atoms with Crippen molar-refractivity contribution in [3.8, 4) is 22.3 Å². The van der Waals surface area contributed by atoms with Gasteiger partial charge in [0, 0.05) is 9.52 Å². The Morgan fingerprint density at radius 2 is 0.778 bits per heavy atom. The van der Waals surface area contributed by atoms with Crippen LogP contribution in [0.25, 0.3) is 43.8 Å². The summed E-state index contributed by atoms with van der Waals surface area (Å²) < 4.78 is 0. The zero-order valence-corrected chi connectivity index (χ0v) is 41.0. The summed E-state index contributed by atoms with van der Waals surface area (Å²) >= 11 is -0.826. The fraction of sp³-hybridized carbons (Fsp3) is 0.400. The SMILES string of the molecule is C[Si]C.Cc1ccccc1-c1c(C(C)(C)C)ccc2[cH-]c(C(C)(C)C)cc12.Cc1ccccc1-c1c(C(C)(C)C)ccc2[cH-]c(C(C)(C)C)cc12.[Cl][Zr+2][Cl].